The summed E-state index contributed by atoms with van der Waals surface area (Å²) in [5, 5.41) is 1.28. The molecule has 0 bridgehead atoms. The molecule has 124 valence electrons. The van der Waals surface area contributed by atoms with Crippen LogP contribution in [-0.2, 0) is 12.8 Å². The summed E-state index contributed by atoms with van der Waals surface area (Å²) >= 11 is 0. The third-order valence-electron chi connectivity index (χ3n) is 4.00. The fraction of sp³-hybridized carbons (Fsp3) is 0.400. The zero-order valence-electron chi connectivity index (χ0n) is 14.6. The van der Waals surface area contributed by atoms with Crippen molar-refractivity contribution in [3.8, 4) is 0 Å². The summed E-state index contributed by atoms with van der Waals surface area (Å²) in [5.74, 6) is 1.19. The molecule has 0 saturated carbocycles. The largest absolute Gasteiger partial charge is 0.404 e. The molecule has 0 amide bonds. The zero-order valence-corrected chi connectivity index (χ0v) is 15.6. The number of rotatable bonds is 6. The minimum Gasteiger partial charge on any atom is -0.404 e. The Morgan fingerprint density at radius 3 is 1.22 bits per heavy atom. The van der Waals surface area contributed by atoms with Crippen molar-refractivity contribution >= 4 is 18.9 Å². The Morgan fingerprint density at radius 1 is 0.652 bits per heavy atom. The van der Waals surface area contributed by atoms with Gasteiger partial charge in [0, 0.05) is 0 Å². The van der Waals surface area contributed by atoms with Crippen molar-refractivity contribution in [1.29, 1.82) is 0 Å². The average molecular weight is 329 g/mol. The van der Waals surface area contributed by atoms with Crippen LogP contribution in [-0.4, -0.2) is 18.2 Å². The second-order valence-corrected chi connectivity index (χ2v) is 9.76. The highest BCUT2D eigenvalue weighted by Crippen LogP contribution is 2.10. The summed E-state index contributed by atoms with van der Waals surface area (Å²) in [6, 6.07) is 15.5. The number of hydrogen-bond acceptors (Lipinski definition) is 2. The molecule has 23 heavy (non-hydrogen) atoms. The fourth-order valence-electron chi connectivity index (χ4n) is 2.86. The Balaban J connectivity index is 2.19. The van der Waals surface area contributed by atoms with Crippen LogP contribution in [0.25, 0.3) is 0 Å². The highest BCUT2D eigenvalue weighted by molar-refractivity contribution is 6.90. The molecule has 0 unspecified atom stereocenters. The van der Waals surface area contributed by atoms with E-state index >= 15 is 0 Å². The Labute approximate surface area is 141 Å². The van der Waals surface area contributed by atoms with Gasteiger partial charge in [-0.2, -0.15) is 0 Å². The lowest BCUT2D eigenvalue weighted by Crippen LogP contribution is -2.59. The predicted octanol–water partition coefficient (Wildman–Crippen LogP) is 2.62. The quantitative estimate of drug-likeness (QED) is 0.800. The third kappa shape index (κ3) is 4.77. The van der Waals surface area contributed by atoms with Gasteiger partial charge in [0.2, 0.25) is 0 Å². The molecule has 2 N–H and O–H groups in total. The van der Waals surface area contributed by atoms with Crippen LogP contribution >= 0.6 is 0 Å². The summed E-state index contributed by atoms with van der Waals surface area (Å²) in [5.41, 5.74) is 2.47. The Morgan fingerprint density at radius 2 is 0.957 bits per heavy atom. The molecule has 0 radical (unpaired) electrons. The lowest BCUT2D eigenvalue weighted by molar-refractivity contribution is 0.401. The Hall–Kier alpha value is -1.42. The molecule has 0 aromatic heterocycles. The van der Waals surface area contributed by atoms with Gasteiger partial charge in [0.05, 0.1) is 0 Å². The monoisotopic (exact) mass is 328 g/mol. The van der Waals surface area contributed by atoms with Crippen molar-refractivity contribution in [3.05, 3.63) is 59.7 Å². The molecule has 0 aliphatic carbocycles. The van der Waals surface area contributed by atoms with Crippen molar-refractivity contribution < 1.29 is 9.59 Å². The standard InChI is InChI=1S/C20H28O2Si/c1-15(2)13-17-5-9-19(10-6-17)23(21,22)20-11-7-18(8-12-20)14-16(3)4/h5-12,15-16,21-22H,13-14H2,1-4H3. The van der Waals surface area contributed by atoms with E-state index < -0.39 is 8.56 Å². The Kier molecular flexibility index (Phi) is 5.79. The first-order chi connectivity index (χ1) is 10.8. The van der Waals surface area contributed by atoms with Crippen LogP contribution in [0, 0.1) is 11.8 Å². The Bertz CT molecular complexity index is 558. The SMILES string of the molecule is CC(C)Cc1ccc([Si](O)(O)c2ccc(CC(C)C)cc2)cc1. The molecule has 0 spiro atoms. The summed E-state index contributed by atoms with van der Waals surface area (Å²) in [6.45, 7) is 8.74. The highest BCUT2D eigenvalue weighted by atomic mass is 28.4. The predicted molar refractivity (Wildman–Crippen MR) is 99.4 cm³/mol. The summed E-state index contributed by atoms with van der Waals surface area (Å²) < 4.78 is 0. The van der Waals surface area contributed by atoms with Gasteiger partial charge in [-0.1, -0.05) is 76.2 Å². The lowest BCUT2D eigenvalue weighted by atomic mass is 10.0. The van der Waals surface area contributed by atoms with Crippen LogP contribution in [0.1, 0.15) is 38.8 Å². The van der Waals surface area contributed by atoms with E-state index in [1.165, 1.54) is 11.1 Å². The van der Waals surface area contributed by atoms with Crippen molar-refractivity contribution in [1.82, 2.24) is 0 Å². The van der Waals surface area contributed by atoms with Crippen LogP contribution in [0.4, 0.5) is 0 Å². The lowest BCUT2D eigenvalue weighted by Gasteiger charge is -2.19. The van der Waals surface area contributed by atoms with Gasteiger partial charge in [-0.05, 0) is 46.2 Å². The van der Waals surface area contributed by atoms with E-state index in [0.717, 1.165) is 12.8 Å². The van der Waals surface area contributed by atoms with Gasteiger partial charge >= 0.3 is 8.56 Å². The van der Waals surface area contributed by atoms with Crippen molar-refractivity contribution in [2.24, 2.45) is 11.8 Å². The third-order valence-corrected chi connectivity index (χ3v) is 6.28. The molecule has 2 nitrogen and oxygen atoms in total. The molecule has 2 aromatic carbocycles. The normalized spacial score (nSPS) is 12.2. The summed E-state index contributed by atoms with van der Waals surface area (Å²) in [4.78, 5) is 21.4. The first-order valence-corrected chi connectivity index (χ1v) is 10.3. The molecule has 0 saturated heterocycles. The fourth-order valence-corrected chi connectivity index (χ4v) is 4.45. The highest BCUT2D eigenvalue weighted by Gasteiger charge is 2.34. The van der Waals surface area contributed by atoms with Crippen LogP contribution in [0.5, 0.6) is 0 Å². The first kappa shape index (κ1) is 17.9. The van der Waals surface area contributed by atoms with Gasteiger partial charge in [0.25, 0.3) is 0 Å². The topological polar surface area (TPSA) is 40.5 Å². The summed E-state index contributed by atoms with van der Waals surface area (Å²) in [6.07, 6.45) is 2.02. The van der Waals surface area contributed by atoms with E-state index in [1.54, 1.807) is 0 Å². The van der Waals surface area contributed by atoms with E-state index in [2.05, 4.69) is 27.7 Å². The van der Waals surface area contributed by atoms with Crippen molar-refractivity contribution in [2.75, 3.05) is 0 Å². The van der Waals surface area contributed by atoms with E-state index in [0.29, 0.717) is 22.2 Å². The van der Waals surface area contributed by atoms with Crippen LogP contribution in [0.15, 0.2) is 48.5 Å². The van der Waals surface area contributed by atoms with Crippen LogP contribution in [0.2, 0.25) is 0 Å². The molecule has 0 fully saturated rings. The van der Waals surface area contributed by atoms with E-state index in [-0.39, 0.29) is 0 Å². The van der Waals surface area contributed by atoms with Crippen LogP contribution in [0.3, 0.4) is 0 Å². The minimum absolute atomic E-state index is 0.597. The number of benzene rings is 2. The maximum absolute atomic E-state index is 10.7. The molecule has 0 heterocycles. The van der Waals surface area contributed by atoms with Gasteiger partial charge in [-0.3, -0.25) is 0 Å². The second kappa shape index (κ2) is 7.43. The van der Waals surface area contributed by atoms with Gasteiger partial charge in [0.1, 0.15) is 0 Å². The minimum atomic E-state index is -3.58. The van der Waals surface area contributed by atoms with E-state index in [1.807, 2.05) is 48.5 Å². The zero-order chi connectivity index (χ0) is 17.0. The average Bonchev–Trinajstić information content (AvgIpc) is 2.47. The summed E-state index contributed by atoms with van der Waals surface area (Å²) in [7, 11) is -3.58. The maximum Gasteiger partial charge on any atom is 0.401 e. The molecule has 2 rings (SSSR count). The second-order valence-electron chi connectivity index (χ2n) is 7.26. The van der Waals surface area contributed by atoms with Crippen LogP contribution < -0.4 is 10.4 Å². The van der Waals surface area contributed by atoms with Gasteiger partial charge < -0.3 is 9.59 Å². The molecular weight excluding hydrogens is 300 g/mol. The van der Waals surface area contributed by atoms with Crippen molar-refractivity contribution in [2.45, 2.75) is 40.5 Å². The number of hydrogen-bond donors (Lipinski definition) is 2. The molecule has 0 aliphatic heterocycles. The maximum atomic E-state index is 10.7. The van der Waals surface area contributed by atoms with E-state index in [4.69, 9.17) is 0 Å². The van der Waals surface area contributed by atoms with Gasteiger partial charge in [-0.25, -0.2) is 0 Å². The van der Waals surface area contributed by atoms with Gasteiger partial charge in [0.15, 0.2) is 0 Å². The first-order valence-electron chi connectivity index (χ1n) is 8.42. The molecule has 0 atom stereocenters. The van der Waals surface area contributed by atoms with Gasteiger partial charge in [-0.15, -0.1) is 0 Å². The molecular formula is C20H28O2Si. The molecule has 2 aromatic rings. The molecule has 3 heteroatoms. The van der Waals surface area contributed by atoms with Crippen molar-refractivity contribution in [3.63, 3.8) is 0 Å². The smallest absolute Gasteiger partial charge is 0.401 e. The molecule has 0 aliphatic rings. The van der Waals surface area contributed by atoms with E-state index in [9.17, 15) is 9.59 Å².